The molecule has 0 aliphatic carbocycles. The van der Waals surface area contributed by atoms with Gasteiger partial charge in [0.15, 0.2) is 0 Å². The Kier molecular flexibility index (Phi) is 16.1. The topological polar surface area (TPSA) is 0 Å². The average molecular weight is 738 g/mol. The first kappa shape index (κ1) is 34.2. The van der Waals surface area contributed by atoms with Crippen LogP contribution in [0.3, 0.4) is 0 Å². The van der Waals surface area contributed by atoms with Crippen molar-refractivity contribution in [1.82, 2.24) is 0 Å². The van der Waals surface area contributed by atoms with Crippen molar-refractivity contribution in [2.75, 3.05) is 0 Å². The van der Waals surface area contributed by atoms with E-state index in [1.165, 1.54) is 31.8 Å². The maximum atomic E-state index is 4.81. The van der Waals surface area contributed by atoms with Gasteiger partial charge in [0.05, 0.1) is 0 Å². The molecule has 42 heavy (non-hydrogen) atoms. The second-order valence-electron chi connectivity index (χ2n) is 8.73. The molecule has 0 unspecified atom stereocenters. The minimum Gasteiger partial charge on any atom is -0.0622 e. The molecule has 0 bridgehead atoms. The predicted molar refractivity (Wildman–Crippen MR) is 189 cm³/mol. The molecule has 0 aliphatic heterocycles. The van der Waals surface area contributed by atoms with Crippen molar-refractivity contribution >= 4 is 79.1 Å². The fourth-order valence-electron chi connectivity index (χ4n) is 4.36. The number of hydrogen-bond acceptors (Lipinski definition) is 0. The first-order valence-corrected chi connectivity index (χ1v) is 19.7. The largest absolute Gasteiger partial charge is 0.0622 e. The zero-order valence-corrected chi connectivity index (χ0v) is 28.4. The monoisotopic (exact) mass is 736 g/mol. The first-order valence-electron chi connectivity index (χ1n) is 13.0. The summed E-state index contributed by atoms with van der Waals surface area (Å²) in [7, 11) is 8.74. The van der Waals surface area contributed by atoms with Gasteiger partial charge < -0.3 is 0 Å². The molecule has 0 saturated carbocycles. The molecule has 0 atom stereocenters. The summed E-state index contributed by atoms with van der Waals surface area (Å²) in [6.07, 6.45) is 0. The van der Waals surface area contributed by atoms with Crippen molar-refractivity contribution in [3.63, 3.8) is 0 Å². The fourth-order valence-corrected chi connectivity index (χ4v) is 8.97. The van der Waals surface area contributed by atoms with E-state index in [2.05, 4.69) is 182 Å². The molecule has 0 saturated heterocycles. The van der Waals surface area contributed by atoms with Crippen LogP contribution in [0.1, 0.15) is 0 Å². The molecule has 6 aromatic rings. The third kappa shape index (κ3) is 10.5. The SMILES string of the molecule is Cl.[Cl][Pd][Cl].c1ccc(P(c2ccccc2)c2ccccc2)cc1.c1ccc(P(c2ccccc2)c2ccccc2)cc1. The van der Waals surface area contributed by atoms with Crippen LogP contribution in [0.15, 0.2) is 182 Å². The minimum absolute atomic E-state index is 0. The van der Waals surface area contributed by atoms with Gasteiger partial charge in [0, 0.05) is 0 Å². The van der Waals surface area contributed by atoms with Gasteiger partial charge >= 0.3 is 35.0 Å². The van der Waals surface area contributed by atoms with Crippen LogP contribution in [-0.2, 0) is 15.9 Å². The van der Waals surface area contributed by atoms with E-state index in [1.54, 1.807) is 0 Å². The van der Waals surface area contributed by atoms with E-state index in [9.17, 15) is 0 Å². The third-order valence-electron chi connectivity index (χ3n) is 6.09. The smallest absolute Gasteiger partial charge is 0.0134 e. The van der Waals surface area contributed by atoms with Gasteiger partial charge in [-0.3, -0.25) is 0 Å². The Balaban J connectivity index is 0.000000207. The quantitative estimate of drug-likeness (QED) is 0.119. The second kappa shape index (κ2) is 19.8. The van der Waals surface area contributed by atoms with Crippen LogP contribution in [0.5, 0.6) is 0 Å². The van der Waals surface area contributed by atoms with Gasteiger partial charge in [-0.1, -0.05) is 182 Å². The van der Waals surface area contributed by atoms with Crippen molar-refractivity contribution in [3.05, 3.63) is 182 Å². The summed E-state index contributed by atoms with van der Waals surface area (Å²) >= 11 is -0.106. The van der Waals surface area contributed by atoms with E-state index in [1.807, 2.05) is 0 Å². The summed E-state index contributed by atoms with van der Waals surface area (Å²) in [4.78, 5) is 0. The molecule has 0 nitrogen and oxygen atoms in total. The summed E-state index contributed by atoms with van der Waals surface area (Å²) in [5, 5.41) is 8.39. The second-order valence-corrected chi connectivity index (χ2v) is 15.5. The van der Waals surface area contributed by atoms with Gasteiger partial charge in [0.25, 0.3) is 0 Å². The van der Waals surface area contributed by atoms with Gasteiger partial charge in [-0.2, -0.15) is 0 Å². The molecule has 0 radical (unpaired) electrons. The molecular formula is C36H31Cl3P2Pd. The fraction of sp³-hybridized carbons (Fsp3) is 0. The Hall–Kier alpha value is -2.29. The molecule has 0 aliphatic rings. The van der Waals surface area contributed by atoms with Gasteiger partial charge in [-0.05, 0) is 47.7 Å². The Morgan fingerprint density at radius 2 is 0.405 bits per heavy atom. The molecule has 0 amide bonds. The molecule has 0 fully saturated rings. The van der Waals surface area contributed by atoms with Crippen LogP contribution in [0.4, 0.5) is 0 Å². The van der Waals surface area contributed by atoms with E-state index < -0.39 is 15.8 Å². The number of benzene rings is 6. The average Bonchev–Trinajstić information content (AvgIpc) is 3.05. The Labute approximate surface area is 275 Å². The van der Waals surface area contributed by atoms with E-state index in [-0.39, 0.29) is 28.3 Å². The van der Waals surface area contributed by atoms with Gasteiger partial charge in [-0.25, -0.2) is 0 Å². The third-order valence-corrected chi connectivity index (χ3v) is 11.0. The molecule has 0 heterocycles. The Morgan fingerprint density at radius 1 is 0.286 bits per heavy atom. The van der Waals surface area contributed by atoms with Crippen LogP contribution >= 0.6 is 47.3 Å². The van der Waals surface area contributed by atoms with Crippen molar-refractivity contribution in [2.24, 2.45) is 0 Å². The Bertz CT molecular complexity index is 1200. The summed E-state index contributed by atoms with van der Waals surface area (Å²) < 4.78 is 0. The van der Waals surface area contributed by atoms with E-state index in [0.29, 0.717) is 0 Å². The first-order chi connectivity index (χ1) is 20.3. The summed E-state index contributed by atoms with van der Waals surface area (Å²) in [5.74, 6) is 0. The summed E-state index contributed by atoms with van der Waals surface area (Å²) in [6, 6.07) is 64.7. The molecule has 6 aromatic carbocycles. The molecule has 6 rings (SSSR count). The number of rotatable bonds is 6. The molecular weight excluding hydrogens is 707 g/mol. The van der Waals surface area contributed by atoms with E-state index in [4.69, 9.17) is 19.1 Å². The predicted octanol–water partition coefficient (Wildman–Crippen LogP) is 8.69. The standard InChI is InChI=1S/2C18H15P.3ClH.Pd/c2*1-4-10-16(11-5-1)19(17-12-6-2-7-13-17)18-14-8-3-9-15-18;;;;/h2*1-15H;3*1H;/q;;;;;+2/p-2. The minimum atomic E-state index is -0.446. The van der Waals surface area contributed by atoms with Crippen molar-refractivity contribution in [1.29, 1.82) is 0 Å². The molecule has 6 heteroatoms. The summed E-state index contributed by atoms with van der Waals surface area (Å²) in [6.45, 7) is 0. The van der Waals surface area contributed by atoms with Crippen molar-refractivity contribution in [2.45, 2.75) is 0 Å². The summed E-state index contributed by atoms with van der Waals surface area (Å²) in [5.41, 5.74) is 0. The molecule has 0 N–H and O–H groups in total. The Morgan fingerprint density at radius 3 is 0.524 bits per heavy atom. The van der Waals surface area contributed by atoms with Gasteiger partial charge in [0.2, 0.25) is 0 Å². The maximum Gasteiger partial charge on any atom is -0.0134 e. The van der Waals surface area contributed by atoms with E-state index >= 15 is 0 Å². The van der Waals surface area contributed by atoms with Crippen molar-refractivity contribution in [3.8, 4) is 0 Å². The van der Waals surface area contributed by atoms with Crippen LogP contribution in [0, 0.1) is 0 Å². The molecule has 216 valence electrons. The zero-order valence-electron chi connectivity index (χ0n) is 22.7. The zero-order chi connectivity index (χ0) is 28.5. The van der Waals surface area contributed by atoms with Crippen LogP contribution in [-0.4, -0.2) is 0 Å². The van der Waals surface area contributed by atoms with Crippen molar-refractivity contribution < 1.29 is 15.9 Å². The number of hydrogen-bond donors (Lipinski definition) is 0. The molecule has 0 spiro atoms. The number of halogens is 3. The molecule has 0 aromatic heterocycles. The van der Waals surface area contributed by atoms with Gasteiger partial charge in [-0.15, -0.1) is 12.4 Å². The van der Waals surface area contributed by atoms with Gasteiger partial charge in [0.1, 0.15) is 0 Å². The maximum absolute atomic E-state index is 4.81. The normalized spacial score (nSPS) is 10.1. The van der Waals surface area contributed by atoms with Crippen LogP contribution in [0.25, 0.3) is 0 Å². The van der Waals surface area contributed by atoms with Crippen LogP contribution in [0.2, 0.25) is 0 Å². The van der Waals surface area contributed by atoms with E-state index in [0.717, 1.165) is 0 Å². The van der Waals surface area contributed by atoms with Crippen LogP contribution < -0.4 is 31.8 Å².